The van der Waals surface area contributed by atoms with Crippen molar-refractivity contribution in [2.75, 3.05) is 24.5 Å². The number of nitrogens with one attached hydrogen (secondary N) is 1. The number of halogens is 3. The molecule has 0 aliphatic carbocycles. The third kappa shape index (κ3) is 5.51. The van der Waals surface area contributed by atoms with Crippen LogP contribution in [-0.4, -0.2) is 52.6 Å². The predicted octanol–water partition coefficient (Wildman–Crippen LogP) is 4.07. The van der Waals surface area contributed by atoms with Gasteiger partial charge in [0.15, 0.2) is 0 Å². The summed E-state index contributed by atoms with van der Waals surface area (Å²) in [5, 5.41) is 3.01. The van der Waals surface area contributed by atoms with Crippen molar-refractivity contribution in [2.45, 2.75) is 70.6 Å². The van der Waals surface area contributed by atoms with Crippen molar-refractivity contribution in [1.82, 2.24) is 20.2 Å². The minimum absolute atomic E-state index is 0.00413. The number of likely N-dealkylation sites (tertiary alicyclic amines) is 1. The lowest BCUT2D eigenvalue weighted by Crippen LogP contribution is -2.52. The van der Waals surface area contributed by atoms with Crippen molar-refractivity contribution in [2.24, 2.45) is 5.92 Å². The molecule has 1 aromatic heterocycles. The Morgan fingerprint density at radius 1 is 1.14 bits per heavy atom. The lowest BCUT2D eigenvalue weighted by atomic mass is 9.86. The number of hydrogen-bond acceptors (Lipinski definition) is 4. The normalized spacial score (nSPS) is 21.9. The summed E-state index contributed by atoms with van der Waals surface area (Å²) < 4.78 is 38.8. The fraction of sp³-hybridized carbons (Fsp3) is 0.750. The van der Waals surface area contributed by atoms with E-state index in [9.17, 15) is 18.0 Å². The molecule has 2 aliphatic rings. The van der Waals surface area contributed by atoms with E-state index >= 15 is 0 Å². The van der Waals surface area contributed by atoms with E-state index in [1.807, 2.05) is 23.6 Å². The number of alkyl halides is 3. The third-order valence-corrected chi connectivity index (χ3v) is 5.77. The molecule has 9 heteroatoms. The molecule has 1 atom stereocenters. The Morgan fingerprint density at radius 3 is 2.52 bits per heavy atom. The van der Waals surface area contributed by atoms with Gasteiger partial charge in [0, 0.05) is 37.9 Å². The van der Waals surface area contributed by atoms with Crippen molar-refractivity contribution in [3.05, 3.63) is 18.0 Å². The fourth-order valence-corrected chi connectivity index (χ4v) is 4.35. The lowest BCUT2D eigenvalue weighted by Gasteiger charge is -2.41. The molecular formula is C20H30F3N5O. The molecule has 1 aromatic rings. The van der Waals surface area contributed by atoms with Crippen LogP contribution in [0.3, 0.4) is 0 Å². The maximum absolute atomic E-state index is 12.9. The summed E-state index contributed by atoms with van der Waals surface area (Å²) in [7, 11) is 0. The average Bonchev–Trinajstić information content (AvgIpc) is 2.93. The highest BCUT2D eigenvalue weighted by molar-refractivity contribution is 5.74. The summed E-state index contributed by atoms with van der Waals surface area (Å²) in [6.07, 6.45) is 2.55. The summed E-state index contributed by atoms with van der Waals surface area (Å²) in [6, 6.07) is 1.16. The predicted molar refractivity (Wildman–Crippen MR) is 105 cm³/mol. The number of amides is 2. The van der Waals surface area contributed by atoms with Crippen LogP contribution >= 0.6 is 0 Å². The van der Waals surface area contributed by atoms with Gasteiger partial charge in [0.05, 0.1) is 0 Å². The lowest BCUT2D eigenvalue weighted by molar-refractivity contribution is -0.141. The molecule has 3 rings (SSSR count). The highest BCUT2D eigenvalue weighted by Crippen LogP contribution is 2.32. The largest absolute Gasteiger partial charge is 0.433 e. The Kier molecular flexibility index (Phi) is 6.85. The van der Waals surface area contributed by atoms with Crippen molar-refractivity contribution in [3.63, 3.8) is 0 Å². The van der Waals surface area contributed by atoms with Gasteiger partial charge in [-0.1, -0.05) is 12.8 Å². The van der Waals surface area contributed by atoms with Crippen molar-refractivity contribution in [1.29, 1.82) is 0 Å². The van der Waals surface area contributed by atoms with E-state index in [1.54, 1.807) is 0 Å². The van der Waals surface area contributed by atoms with Gasteiger partial charge in [-0.25, -0.2) is 14.8 Å². The number of hydrogen-bond donors (Lipinski definition) is 1. The Morgan fingerprint density at radius 2 is 1.86 bits per heavy atom. The smallest absolute Gasteiger partial charge is 0.341 e. The van der Waals surface area contributed by atoms with E-state index in [1.165, 1.54) is 6.20 Å². The second-order valence-corrected chi connectivity index (χ2v) is 8.28. The van der Waals surface area contributed by atoms with E-state index < -0.39 is 11.9 Å². The zero-order chi connectivity index (χ0) is 21.0. The molecule has 0 radical (unpaired) electrons. The molecule has 6 nitrogen and oxygen atoms in total. The molecule has 2 aliphatic heterocycles. The van der Waals surface area contributed by atoms with Gasteiger partial charge in [-0.05, 0) is 51.5 Å². The average molecular weight is 413 g/mol. The summed E-state index contributed by atoms with van der Waals surface area (Å²) in [6.45, 7) is 5.88. The standard InChI is InChI=1S/C20H30F3N5O/c1-14(2)25-19(29)28-11-5-3-4-6-16(28)15-8-12-27(13-9-15)18-24-10-7-17(26-18)20(21,22)23/h7,10,14-16H,3-6,8-9,11-13H2,1-2H3,(H,25,29). The van der Waals surface area contributed by atoms with Crippen molar-refractivity contribution < 1.29 is 18.0 Å². The fourth-order valence-electron chi connectivity index (χ4n) is 4.35. The number of rotatable bonds is 3. The topological polar surface area (TPSA) is 61.4 Å². The van der Waals surface area contributed by atoms with Crippen molar-refractivity contribution in [3.8, 4) is 0 Å². The number of urea groups is 1. The van der Waals surface area contributed by atoms with Crippen LogP contribution < -0.4 is 10.2 Å². The zero-order valence-corrected chi connectivity index (χ0v) is 17.1. The van der Waals surface area contributed by atoms with Gasteiger partial charge in [-0.2, -0.15) is 13.2 Å². The van der Waals surface area contributed by atoms with Crippen LogP contribution in [0.2, 0.25) is 0 Å². The van der Waals surface area contributed by atoms with Crippen LogP contribution in [0.1, 0.15) is 58.1 Å². The van der Waals surface area contributed by atoms with Crippen LogP contribution in [0.5, 0.6) is 0 Å². The second kappa shape index (κ2) is 9.17. The molecule has 0 bridgehead atoms. The molecule has 2 amide bonds. The van der Waals surface area contributed by atoms with Crippen LogP contribution in [0.4, 0.5) is 23.9 Å². The summed E-state index contributed by atoms with van der Waals surface area (Å²) in [5.74, 6) is 0.474. The van der Waals surface area contributed by atoms with Gasteiger partial charge >= 0.3 is 12.2 Å². The number of anilines is 1. The van der Waals surface area contributed by atoms with Gasteiger partial charge in [0.2, 0.25) is 5.95 Å². The Hall–Kier alpha value is -2.06. The first-order valence-corrected chi connectivity index (χ1v) is 10.5. The summed E-state index contributed by atoms with van der Waals surface area (Å²) >= 11 is 0. The summed E-state index contributed by atoms with van der Waals surface area (Å²) in [5.41, 5.74) is -0.912. The number of carbonyl (C=O) groups excluding carboxylic acids is 1. The minimum Gasteiger partial charge on any atom is -0.341 e. The highest BCUT2D eigenvalue weighted by atomic mass is 19.4. The van der Waals surface area contributed by atoms with E-state index in [0.717, 1.165) is 51.1 Å². The van der Waals surface area contributed by atoms with E-state index in [-0.39, 0.29) is 24.1 Å². The van der Waals surface area contributed by atoms with Gasteiger partial charge in [-0.3, -0.25) is 0 Å². The molecule has 2 fully saturated rings. The third-order valence-electron chi connectivity index (χ3n) is 5.77. The zero-order valence-electron chi connectivity index (χ0n) is 17.1. The Bertz CT molecular complexity index is 689. The molecule has 0 saturated carbocycles. The first kappa shape index (κ1) is 21.6. The quantitative estimate of drug-likeness (QED) is 0.811. The number of aromatic nitrogens is 2. The maximum atomic E-state index is 12.9. The van der Waals surface area contributed by atoms with Gasteiger partial charge < -0.3 is 15.1 Å². The number of carbonyl (C=O) groups is 1. The minimum atomic E-state index is -4.47. The van der Waals surface area contributed by atoms with Gasteiger partial charge in [0.25, 0.3) is 0 Å². The SMILES string of the molecule is CC(C)NC(=O)N1CCCCCC1C1CCN(c2nccc(C(F)(F)F)n2)CC1. The Labute approximate surface area is 169 Å². The molecule has 162 valence electrons. The maximum Gasteiger partial charge on any atom is 0.433 e. The first-order valence-electron chi connectivity index (χ1n) is 10.5. The van der Waals surface area contributed by atoms with Gasteiger partial charge in [-0.15, -0.1) is 0 Å². The number of nitrogens with zero attached hydrogens (tertiary/aromatic N) is 4. The molecule has 29 heavy (non-hydrogen) atoms. The molecule has 2 saturated heterocycles. The monoisotopic (exact) mass is 413 g/mol. The molecule has 3 heterocycles. The van der Waals surface area contributed by atoms with Crippen LogP contribution in [0, 0.1) is 5.92 Å². The van der Waals surface area contributed by atoms with Crippen LogP contribution in [0.15, 0.2) is 12.3 Å². The van der Waals surface area contributed by atoms with E-state index in [0.29, 0.717) is 19.0 Å². The molecular weight excluding hydrogens is 383 g/mol. The Balaban J connectivity index is 1.66. The molecule has 0 aromatic carbocycles. The molecule has 1 N–H and O–H groups in total. The molecule has 1 unspecified atom stereocenters. The van der Waals surface area contributed by atoms with Crippen molar-refractivity contribution >= 4 is 12.0 Å². The van der Waals surface area contributed by atoms with E-state index in [4.69, 9.17) is 0 Å². The van der Waals surface area contributed by atoms with Crippen LogP contribution in [-0.2, 0) is 6.18 Å². The summed E-state index contributed by atoms with van der Waals surface area (Å²) in [4.78, 5) is 24.3. The molecule has 0 spiro atoms. The number of piperidine rings is 1. The first-order chi connectivity index (χ1) is 13.8. The van der Waals surface area contributed by atoms with Gasteiger partial charge in [0.1, 0.15) is 5.69 Å². The highest BCUT2D eigenvalue weighted by Gasteiger charge is 2.36. The van der Waals surface area contributed by atoms with Crippen LogP contribution in [0.25, 0.3) is 0 Å². The van der Waals surface area contributed by atoms with E-state index in [2.05, 4.69) is 15.3 Å². The second-order valence-electron chi connectivity index (χ2n) is 8.28.